The molecule has 0 saturated carbocycles. The van der Waals surface area contributed by atoms with E-state index in [0.717, 1.165) is 16.1 Å². The smallest absolute Gasteiger partial charge is 0.244 e. The highest BCUT2D eigenvalue weighted by atomic mass is 32.2. The summed E-state index contributed by atoms with van der Waals surface area (Å²) in [6, 6.07) is 3.48. The van der Waals surface area contributed by atoms with Crippen molar-refractivity contribution in [1.82, 2.24) is 9.71 Å². The number of aryl methyl sites for hydroxylation is 2. The molecule has 23 heavy (non-hydrogen) atoms. The average molecular weight is 354 g/mol. The summed E-state index contributed by atoms with van der Waals surface area (Å²) in [5.74, 6) is 0.588. The van der Waals surface area contributed by atoms with Gasteiger partial charge in [0.1, 0.15) is 10.6 Å². The van der Waals surface area contributed by atoms with Crippen LogP contribution in [0.1, 0.15) is 41.6 Å². The van der Waals surface area contributed by atoms with Gasteiger partial charge in [-0.3, -0.25) is 0 Å². The van der Waals surface area contributed by atoms with Gasteiger partial charge in [-0.25, -0.2) is 18.1 Å². The molecule has 0 atom stereocenters. The Balaban J connectivity index is 2.35. The van der Waals surface area contributed by atoms with Gasteiger partial charge in [0.05, 0.1) is 24.4 Å². The number of hydrogen-bond donors (Lipinski definition) is 1. The zero-order valence-corrected chi connectivity index (χ0v) is 15.6. The van der Waals surface area contributed by atoms with Gasteiger partial charge < -0.3 is 4.74 Å². The number of sulfonamides is 1. The Morgan fingerprint density at radius 1 is 1.30 bits per heavy atom. The third kappa shape index (κ3) is 4.10. The van der Waals surface area contributed by atoms with Crippen molar-refractivity contribution >= 4 is 21.4 Å². The molecule has 0 radical (unpaired) electrons. The largest absolute Gasteiger partial charge is 0.495 e. The van der Waals surface area contributed by atoms with Crippen molar-refractivity contribution in [3.05, 3.63) is 39.3 Å². The van der Waals surface area contributed by atoms with Gasteiger partial charge in [0.15, 0.2) is 0 Å². The molecule has 0 amide bonds. The van der Waals surface area contributed by atoms with Crippen LogP contribution in [0.25, 0.3) is 0 Å². The molecule has 0 aliphatic rings. The van der Waals surface area contributed by atoms with Crippen molar-refractivity contribution < 1.29 is 13.2 Å². The highest BCUT2D eigenvalue weighted by Gasteiger charge is 2.22. The Morgan fingerprint density at radius 2 is 2.00 bits per heavy atom. The van der Waals surface area contributed by atoms with Crippen LogP contribution in [0.5, 0.6) is 5.75 Å². The number of nitrogens with one attached hydrogen (secondary N) is 1. The van der Waals surface area contributed by atoms with E-state index < -0.39 is 10.0 Å². The molecule has 0 saturated heterocycles. The van der Waals surface area contributed by atoms with Crippen molar-refractivity contribution in [2.45, 2.75) is 45.1 Å². The van der Waals surface area contributed by atoms with Crippen LogP contribution in [0.4, 0.5) is 0 Å². The molecule has 0 aliphatic heterocycles. The van der Waals surface area contributed by atoms with E-state index in [-0.39, 0.29) is 17.4 Å². The number of ether oxygens (including phenoxy) is 1. The van der Waals surface area contributed by atoms with Crippen LogP contribution in [0.2, 0.25) is 0 Å². The van der Waals surface area contributed by atoms with Gasteiger partial charge in [-0.05, 0) is 43.0 Å². The molecule has 1 heterocycles. The molecule has 0 bridgehead atoms. The fourth-order valence-electron chi connectivity index (χ4n) is 2.40. The van der Waals surface area contributed by atoms with E-state index in [4.69, 9.17) is 4.74 Å². The van der Waals surface area contributed by atoms with Crippen LogP contribution in [0.3, 0.4) is 0 Å². The fraction of sp³-hybridized carbons (Fsp3) is 0.438. The van der Waals surface area contributed by atoms with E-state index >= 15 is 0 Å². The van der Waals surface area contributed by atoms with E-state index in [1.807, 2.05) is 33.1 Å². The first-order valence-electron chi connectivity index (χ1n) is 7.33. The van der Waals surface area contributed by atoms with Crippen molar-refractivity contribution in [1.29, 1.82) is 0 Å². The number of nitrogens with zero attached hydrogens (tertiary/aromatic N) is 1. The topological polar surface area (TPSA) is 68.3 Å². The van der Waals surface area contributed by atoms with Crippen molar-refractivity contribution in [3.8, 4) is 5.75 Å². The van der Waals surface area contributed by atoms with E-state index in [9.17, 15) is 8.42 Å². The zero-order valence-electron chi connectivity index (χ0n) is 14.0. The zero-order chi connectivity index (χ0) is 17.2. The molecule has 2 aromatic rings. The Bertz CT molecular complexity index is 796. The summed E-state index contributed by atoms with van der Waals surface area (Å²) in [4.78, 5) is 4.44. The van der Waals surface area contributed by atoms with Crippen LogP contribution >= 0.6 is 11.3 Å². The molecule has 126 valence electrons. The Kier molecular flexibility index (Phi) is 5.44. The number of methoxy groups -OCH3 is 1. The van der Waals surface area contributed by atoms with Crippen molar-refractivity contribution in [2.24, 2.45) is 0 Å². The second kappa shape index (κ2) is 6.98. The third-order valence-electron chi connectivity index (χ3n) is 3.57. The Morgan fingerprint density at radius 3 is 2.52 bits per heavy atom. The molecule has 2 rings (SSSR count). The monoisotopic (exact) mass is 354 g/mol. The highest BCUT2D eigenvalue weighted by Crippen LogP contribution is 2.31. The summed E-state index contributed by atoms with van der Waals surface area (Å²) < 4.78 is 33.2. The van der Waals surface area contributed by atoms with Crippen LogP contribution in [0.15, 0.2) is 22.4 Å². The molecule has 0 aliphatic carbocycles. The number of benzene rings is 1. The average Bonchev–Trinajstić information content (AvgIpc) is 2.90. The second-order valence-electron chi connectivity index (χ2n) is 5.70. The standard InChI is InChI=1S/C16H22N2O3S2/c1-10(2)14-7-16(15(21-5)6-11(14)3)23(19,20)17-8-13-9-22-12(4)18-13/h6-7,9-10,17H,8H2,1-5H3. The van der Waals surface area contributed by atoms with Crippen LogP contribution in [0, 0.1) is 13.8 Å². The first kappa shape index (κ1) is 17.9. The van der Waals surface area contributed by atoms with Crippen LogP contribution in [-0.2, 0) is 16.6 Å². The summed E-state index contributed by atoms with van der Waals surface area (Å²) in [6.45, 7) is 8.09. The molecule has 0 unspecified atom stereocenters. The summed E-state index contributed by atoms with van der Waals surface area (Å²) in [5.41, 5.74) is 2.73. The summed E-state index contributed by atoms with van der Waals surface area (Å²) in [6.07, 6.45) is 0. The lowest BCUT2D eigenvalue weighted by molar-refractivity contribution is 0.401. The molecule has 1 aromatic carbocycles. The SMILES string of the molecule is COc1cc(C)c(C(C)C)cc1S(=O)(=O)NCc1csc(C)n1. The normalized spacial score (nSPS) is 11.9. The highest BCUT2D eigenvalue weighted by molar-refractivity contribution is 7.89. The minimum Gasteiger partial charge on any atom is -0.495 e. The lowest BCUT2D eigenvalue weighted by Crippen LogP contribution is -2.24. The lowest BCUT2D eigenvalue weighted by Gasteiger charge is -2.16. The molecule has 7 heteroatoms. The van der Waals surface area contributed by atoms with E-state index in [0.29, 0.717) is 11.4 Å². The predicted molar refractivity (Wildman–Crippen MR) is 92.7 cm³/mol. The number of rotatable bonds is 6. The maximum absolute atomic E-state index is 12.7. The number of thiazole rings is 1. The molecule has 5 nitrogen and oxygen atoms in total. The Labute approximate surface area is 141 Å². The third-order valence-corrected chi connectivity index (χ3v) is 5.82. The molecule has 0 fully saturated rings. The molecule has 1 N–H and O–H groups in total. The van der Waals surface area contributed by atoms with Gasteiger partial charge in [-0.1, -0.05) is 13.8 Å². The van der Waals surface area contributed by atoms with Crippen molar-refractivity contribution in [2.75, 3.05) is 7.11 Å². The quantitative estimate of drug-likeness (QED) is 0.863. The van der Waals surface area contributed by atoms with E-state index in [1.54, 1.807) is 12.1 Å². The van der Waals surface area contributed by atoms with E-state index in [1.165, 1.54) is 18.4 Å². The summed E-state index contributed by atoms with van der Waals surface area (Å²) in [5, 5.41) is 2.76. The van der Waals surface area contributed by atoms with Crippen LogP contribution < -0.4 is 9.46 Å². The molecular formula is C16H22N2O3S2. The minimum atomic E-state index is -3.68. The van der Waals surface area contributed by atoms with Gasteiger partial charge in [-0.15, -0.1) is 11.3 Å². The summed E-state index contributed by atoms with van der Waals surface area (Å²) >= 11 is 1.50. The molecule has 1 aromatic heterocycles. The second-order valence-corrected chi connectivity index (χ2v) is 8.49. The molecular weight excluding hydrogens is 332 g/mol. The first-order valence-corrected chi connectivity index (χ1v) is 9.70. The van der Waals surface area contributed by atoms with Crippen molar-refractivity contribution in [3.63, 3.8) is 0 Å². The van der Waals surface area contributed by atoms with E-state index in [2.05, 4.69) is 9.71 Å². The lowest BCUT2D eigenvalue weighted by atomic mass is 9.98. The van der Waals surface area contributed by atoms with Gasteiger partial charge in [0, 0.05) is 5.38 Å². The van der Waals surface area contributed by atoms with Gasteiger partial charge in [-0.2, -0.15) is 0 Å². The first-order chi connectivity index (χ1) is 10.7. The van der Waals surface area contributed by atoms with Crippen LogP contribution in [-0.4, -0.2) is 20.5 Å². The number of hydrogen-bond acceptors (Lipinski definition) is 5. The summed E-state index contributed by atoms with van der Waals surface area (Å²) in [7, 11) is -2.20. The van der Waals surface area contributed by atoms with Gasteiger partial charge in [0.25, 0.3) is 0 Å². The fourth-order valence-corrected chi connectivity index (χ4v) is 4.20. The predicted octanol–water partition coefficient (Wildman–Crippen LogP) is 3.37. The van der Waals surface area contributed by atoms with Gasteiger partial charge >= 0.3 is 0 Å². The maximum Gasteiger partial charge on any atom is 0.244 e. The number of aromatic nitrogens is 1. The minimum absolute atomic E-state index is 0.167. The van der Waals surface area contributed by atoms with Gasteiger partial charge in [0.2, 0.25) is 10.0 Å². The maximum atomic E-state index is 12.7. The Hall–Kier alpha value is -1.44. The molecule has 0 spiro atoms.